The standard InChI is InChI=1S/C13H19N3O3S2/c1-10-14-12(8-20-10)13(17)16-5-3-15(4-6-16)11-2-7-21(18,19)9-11/h8,11H,2-7,9H2,1H3. The minimum atomic E-state index is -2.85. The Balaban J connectivity index is 1.57. The molecule has 1 aromatic rings. The number of piperazine rings is 1. The van der Waals surface area contributed by atoms with Gasteiger partial charge < -0.3 is 4.90 Å². The third-order valence-corrected chi connectivity index (χ3v) is 6.69. The fourth-order valence-corrected chi connectivity index (χ4v) is 5.33. The largest absolute Gasteiger partial charge is 0.335 e. The molecule has 2 aliphatic rings. The van der Waals surface area contributed by atoms with Crippen LogP contribution in [0.5, 0.6) is 0 Å². The van der Waals surface area contributed by atoms with Crippen molar-refractivity contribution >= 4 is 27.1 Å². The maximum absolute atomic E-state index is 12.3. The van der Waals surface area contributed by atoms with Gasteiger partial charge in [-0.1, -0.05) is 0 Å². The summed E-state index contributed by atoms with van der Waals surface area (Å²) in [5.41, 5.74) is 0.523. The average molecular weight is 329 g/mol. The van der Waals surface area contributed by atoms with Crippen LogP contribution in [0.4, 0.5) is 0 Å². The van der Waals surface area contributed by atoms with Gasteiger partial charge in [-0.15, -0.1) is 11.3 Å². The van der Waals surface area contributed by atoms with E-state index >= 15 is 0 Å². The number of amides is 1. The second-order valence-electron chi connectivity index (χ2n) is 5.64. The van der Waals surface area contributed by atoms with Crippen LogP contribution >= 0.6 is 11.3 Å². The van der Waals surface area contributed by atoms with E-state index < -0.39 is 9.84 Å². The number of aromatic nitrogens is 1. The van der Waals surface area contributed by atoms with E-state index in [4.69, 9.17) is 0 Å². The fourth-order valence-electron chi connectivity index (χ4n) is 2.98. The van der Waals surface area contributed by atoms with Crippen LogP contribution in [0.2, 0.25) is 0 Å². The van der Waals surface area contributed by atoms with E-state index in [0.29, 0.717) is 24.5 Å². The second kappa shape index (κ2) is 5.66. The smallest absolute Gasteiger partial charge is 0.273 e. The van der Waals surface area contributed by atoms with E-state index in [1.807, 2.05) is 11.8 Å². The lowest BCUT2D eigenvalue weighted by Crippen LogP contribution is -2.52. The SMILES string of the molecule is Cc1nc(C(=O)N2CCN(C3CCS(=O)(=O)C3)CC2)cs1. The van der Waals surface area contributed by atoms with Gasteiger partial charge in [0, 0.05) is 37.6 Å². The van der Waals surface area contributed by atoms with E-state index in [2.05, 4.69) is 9.88 Å². The molecular weight excluding hydrogens is 310 g/mol. The van der Waals surface area contributed by atoms with Gasteiger partial charge in [0.1, 0.15) is 5.69 Å². The summed E-state index contributed by atoms with van der Waals surface area (Å²) < 4.78 is 23.1. The maximum Gasteiger partial charge on any atom is 0.273 e. The summed E-state index contributed by atoms with van der Waals surface area (Å²) in [7, 11) is -2.85. The van der Waals surface area contributed by atoms with Crippen LogP contribution in [-0.4, -0.2) is 72.8 Å². The summed E-state index contributed by atoms with van der Waals surface area (Å²) in [6, 6.07) is 0.133. The van der Waals surface area contributed by atoms with Gasteiger partial charge >= 0.3 is 0 Å². The van der Waals surface area contributed by atoms with Crippen LogP contribution in [-0.2, 0) is 9.84 Å². The Morgan fingerprint density at radius 2 is 2.05 bits per heavy atom. The monoisotopic (exact) mass is 329 g/mol. The molecule has 3 rings (SSSR count). The maximum atomic E-state index is 12.3. The highest BCUT2D eigenvalue weighted by Crippen LogP contribution is 2.20. The van der Waals surface area contributed by atoms with Gasteiger partial charge in [-0.3, -0.25) is 9.69 Å². The molecule has 2 aliphatic heterocycles. The molecule has 1 aromatic heterocycles. The van der Waals surface area contributed by atoms with E-state index in [9.17, 15) is 13.2 Å². The molecule has 2 fully saturated rings. The van der Waals surface area contributed by atoms with Crippen LogP contribution in [0.3, 0.4) is 0 Å². The number of hydrogen-bond donors (Lipinski definition) is 0. The van der Waals surface area contributed by atoms with Crippen LogP contribution in [0.1, 0.15) is 21.9 Å². The Kier molecular flexibility index (Phi) is 4.02. The highest BCUT2D eigenvalue weighted by molar-refractivity contribution is 7.91. The predicted molar refractivity (Wildman–Crippen MR) is 81.4 cm³/mol. The normalized spacial score (nSPS) is 26.1. The molecule has 0 bridgehead atoms. The lowest BCUT2D eigenvalue weighted by atomic mass is 10.2. The van der Waals surface area contributed by atoms with Crippen molar-refractivity contribution < 1.29 is 13.2 Å². The Labute approximate surface area is 128 Å². The Hall–Kier alpha value is -0.990. The van der Waals surface area contributed by atoms with Gasteiger partial charge in [0.2, 0.25) is 0 Å². The summed E-state index contributed by atoms with van der Waals surface area (Å²) >= 11 is 1.48. The number of hydrogen-bond acceptors (Lipinski definition) is 6. The summed E-state index contributed by atoms with van der Waals surface area (Å²) in [4.78, 5) is 20.6. The molecule has 0 saturated carbocycles. The van der Waals surface area contributed by atoms with Gasteiger partial charge in [-0.2, -0.15) is 0 Å². The van der Waals surface area contributed by atoms with Crippen molar-refractivity contribution in [3.63, 3.8) is 0 Å². The number of carbonyl (C=O) groups is 1. The first-order chi connectivity index (χ1) is 9.94. The zero-order valence-electron chi connectivity index (χ0n) is 12.0. The van der Waals surface area contributed by atoms with Crippen molar-refractivity contribution in [3.05, 3.63) is 16.1 Å². The van der Waals surface area contributed by atoms with Gasteiger partial charge in [0.15, 0.2) is 9.84 Å². The van der Waals surface area contributed by atoms with Gasteiger partial charge in [0.25, 0.3) is 5.91 Å². The number of thiazole rings is 1. The van der Waals surface area contributed by atoms with Gasteiger partial charge in [0.05, 0.1) is 16.5 Å². The first kappa shape index (κ1) is 14.9. The van der Waals surface area contributed by atoms with E-state index in [-0.39, 0.29) is 17.7 Å². The Morgan fingerprint density at radius 1 is 1.33 bits per heavy atom. The quantitative estimate of drug-likeness (QED) is 0.785. The molecule has 1 amide bonds. The van der Waals surface area contributed by atoms with Crippen molar-refractivity contribution in [2.24, 2.45) is 0 Å². The highest BCUT2D eigenvalue weighted by atomic mass is 32.2. The van der Waals surface area contributed by atoms with Crippen molar-refractivity contribution in [1.29, 1.82) is 0 Å². The van der Waals surface area contributed by atoms with E-state index in [0.717, 1.165) is 24.5 Å². The van der Waals surface area contributed by atoms with Crippen molar-refractivity contribution in [3.8, 4) is 0 Å². The molecule has 1 unspecified atom stereocenters. The molecule has 116 valence electrons. The molecule has 6 nitrogen and oxygen atoms in total. The molecule has 1 atom stereocenters. The first-order valence-electron chi connectivity index (χ1n) is 7.10. The number of sulfone groups is 1. The van der Waals surface area contributed by atoms with Crippen molar-refractivity contribution in [1.82, 2.24) is 14.8 Å². The number of nitrogens with zero attached hydrogens (tertiary/aromatic N) is 3. The zero-order chi connectivity index (χ0) is 15.0. The average Bonchev–Trinajstić information content (AvgIpc) is 3.04. The third kappa shape index (κ3) is 3.27. The summed E-state index contributed by atoms with van der Waals surface area (Å²) in [6.07, 6.45) is 0.724. The minimum Gasteiger partial charge on any atom is -0.335 e. The molecule has 2 saturated heterocycles. The first-order valence-corrected chi connectivity index (χ1v) is 9.80. The van der Waals surface area contributed by atoms with E-state index in [1.165, 1.54) is 11.3 Å². The zero-order valence-corrected chi connectivity index (χ0v) is 13.6. The molecule has 0 N–H and O–H groups in total. The summed E-state index contributed by atoms with van der Waals surface area (Å²) in [5.74, 6) is 0.555. The van der Waals surface area contributed by atoms with Crippen LogP contribution in [0.25, 0.3) is 0 Å². The predicted octanol–water partition coefficient (Wildman–Crippen LogP) is 0.396. The highest BCUT2D eigenvalue weighted by Gasteiger charge is 2.34. The molecule has 0 aliphatic carbocycles. The minimum absolute atomic E-state index is 0.0157. The number of rotatable bonds is 2. The number of carbonyl (C=O) groups excluding carboxylic acids is 1. The second-order valence-corrected chi connectivity index (χ2v) is 8.93. The molecule has 8 heteroatoms. The van der Waals surface area contributed by atoms with Crippen LogP contribution in [0.15, 0.2) is 5.38 Å². The molecule has 0 aromatic carbocycles. The lowest BCUT2D eigenvalue weighted by molar-refractivity contribution is 0.0583. The van der Waals surface area contributed by atoms with Crippen molar-refractivity contribution in [2.75, 3.05) is 37.7 Å². The summed E-state index contributed by atoms with van der Waals surface area (Å²) in [5, 5.41) is 2.70. The molecule has 21 heavy (non-hydrogen) atoms. The topological polar surface area (TPSA) is 70.6 Å². The third-order valence-electron chi connectivity index (χ3n) is 4.16. The fraction of sp³-hybridized carbons (Fsp3) is 0.692. The van der Waals surface area contributed by atoms with E-state index in [1.54, 1.807) is 5.38 Å². The summed E-state index contributed by atoms with van der Waals surface area (Å²) in [6.45, 7) is 4.67. The Morgan fingerprint density at radius 3 is 2.57 bits per heavy atom. The van der Waals surface area contributed by atoms with Crippen molar-refractivity contribution in [2.45, 2.75) is 19.4 Å². The Bertz CT molecular complexity index is 633. The van der Waals surface area contributed by atoms with Gasteiger partial charge in [-0.25, -0.2) is 13.4 Å². The molecular formula is C13H19N3O3S2. The van der Waals surface area contributed by atoms with Gasteiger partial charge in [-0.05, 0) is 13.3 Å². The lowest BCUT2D eigenvalue weighted by Gasteiger charge is -2.37. The van der Waals surface area contributed by atoms with Crippen LogP contribution in [0, 0.1) is 6.92 Å². The molecule has 0 spiro atoms. The van der Waals surface area contributed by atoms with Crippen LogP contribution < -0.4 is 0 Å². The molecule has 3 heterocycles. The number of aryl methyl sites for hydroxylation is 1. The molecule has 0 radical (unpaired) electrons.